The third kappa shape index (κ3) is 3.13. The average molecular weight is 314 g/mol. The van der Waals surface area contributed by atoms with Crippen molar-refractivity contribution in [2.75, 3.05) is 6.54 Å². The summed E-state index contributed by atoms with van der Waals surface area (Å²) < 4.78 is 2.12. The van der Waals surface area contributed by atoms with Crippen LogP contribution in [0.15, 0.2) is 30.5 Å². The molecule has 1 atom stereocenters. The summed E-state index contributed by atoms with van der Waals surface area (Å²) in [5.41, 5.74) is 1.59. The SMILES string of the molecule is Cn1cc(CCC(=O)N2CCCC2C(C)(C)O)c2ccccc21. The maximum atomic E-state index is 12.6. The first-order chi connectivity index (χ1) is 10.9. The largest absolute Gasteiger partial charge is 0.388 e. The summed E-state index contributed by atoms with van der Waals surface area (Å²) >= 11 is 0. The molecule has 2 aromatic rings. The normalized spacial score (nSPS) is 18.8. The van der Waals surface area contributed by atoms with E-state index in [1.165, 1.54) is 16.5 Å². The Morgan fingerprint density at radius 3 is 2.83 bits per heavy atom. The van der Waals surface area contributed by atoms with Crippen LogP contribution in [-0.2, 0) is 18.3 Å². The van der Waals surface area contributed by atoms with Crippen molar-refractivity contribution in [2.45, 2.75) is 51.2 Å². The predicted molar refractivity (Wildman–Crippen MR) is 92.3 cm³/mol. The molecule has 0 radical (unpaired) electrons. The molecular formula is C19H26N2O2. The van der Waals surface area contributed by atoms with Crippen LogP contribution in [0.1, 0.15) is 38.7 Å². The number of benzene rings is 1. The van der Waals surface area contributed by atoms with Gasteiger partial charge in [0.2, 0.25) is 5.91 Å². The fraction of sp³-hybridized carbons (Fsp3) is 0.526. The molecule has 1 amide bonds. The van der Waals surface area contributed by atoms with E-state index in [9.17, 15) is 9.90 Å². The highest BCUT2D eigenvalue weighted by Gasteiger charge is 2.38. The molecule has 2 heterocycles. The van der Waals surface area contributed by atoms with Crippen LogP contribution < -0.4 is 0 Å². The lowest BCUT2D eigenvalue weighted by molar-refractivity contribution is -0.136. The Morgan fingerprint density at radius 2 is 2.09 bits per heavy atom. The summed E-state index contributed by atoms with van der Waals surface area (Å²) in [5, 5.41) is 11.5. The van der Waals surface area contributed by atoms with Crippen LogP contribution >= 0.6 is 0 Å². The van der Waals surface area contributed by atoms with Crippen molar-refractivity contribution in [1.82, 2.24) is 9.47 Å². The number of aryl methyl sites for hydroxylation is 2. The van der Waals surface area contributed by atoms with E-state index in [1.807, 2.05) is 24.1 Å². The van der Waals surface area contributed by atoms with Crippen molar-refractivity contribution >= 4 is 16.8 Å². The molecule has 1 saturated heterocycles. The number of hydrogen-bond donors (Lipinski definition) is 1. The number of aliphatic hydroxyl groups is 1. The van der Waals surface area contributed by atoms with Gasteiger partial charge in [-0.3, -0.25) is 4.79 Å². The lowest BCUT2D eigenvalue weighted by Crippen LogP contribution is -2.48. The number of amides is 1. The third-order valence-electron chi connectivity index (χ3n) is 4.98. The van der Waals surface area contributed by atoms with E-state index in [1.54, 1.807) is 13.8 Å². The smallest absolute Gasteiger partial charge is 0.223 e. The fourth-order valence-electron chi connectivity index (χ4n) is 3.81. The molecule has 1 N–H and O–H groups in total. The summed E-state index contributed by atoms with van der Waals surface area (Å²) in [7, 11) is 2.04. The molecule has 0 aliphatic carbocycles. The fourth-order valence-corrected chi connectivity index (χ4v) is 3.81. The quantitative estimate of drug-likeness (QED) is 0.943. The van der Waals surface area contributed by atoms with E-state index in [0.29, 0.717) is 6.42 Å². The summed E-state index contributed by atoms with van der Waals surface area (Å²) in [6.07, 6.45) is 5.24. The van der Waals surface area contributed by atoms with Gasteiger partial charge in [-0.2, -0.15) is 0 Å². The molecule has 23 heavy (non-hydrogen) atoms. The molecule has 1 aliphatic rings. The highest BCUT2D eigenvalue weighted by atomic mass is 16.3. The summed E-state index contributed by atoms with van der Waals surface area (Å²) in [4.78, 5) is 14.5. The number of carbonyl (C=O) groups excluding carboxylic acids is 1. The summed E-state index contributed by atoms with van der Waals surface area (Å²) in [5.74, 6) is 0.155. The Balaban J connectivity index is 1.71. The zero-order chi connectivity index (χ0) is 16.6. The van der Waals surface area contributed by atoms with Gasteiger partial charge in [-0.25, -0.2) is 0 Å². The number of aromatic nitrogens is 1. The minimum Gasteiger partial charge on any atom is -0.388 e. The molecule has 0 saturated carbocycles. The Bertz CT molecular complexity index is 712. The molecule has 1 aromatic heterocycles. The first-order valence-electron chi connectivity index (χ1n) is 8.42. The van der Waals surface area contributed by atoms with Gasteiger partial charge in [0.15, 0.2) is 0 Å². The second kappa shape index (κ2) is 6.00. The zero-order valence-electron chi connectivity index (χ0n) is 14.2. The van der Waals surface area contributed by atoms with Crippen LogP contribution in [0.25, 0.3) is 10.9 Å². The number of fused-ring (bicyclic) bond motifs is 1. The molecule has 1 unspecified atom stereocenters. The number of likely N-dealkylation sites (tertiary alicyclic amines) is 1. The van der Waals surface area contributed by atoms with Gasteiger partial charge in [-0.15, -0.1) is 0 Å². The molecule has 0 bridgehead atoms. The van der Waals surface area contributed by atoms with Crippen LogP contribution in [0.4, 0.5) is 0 Å². The maximum absolute atomic E-state index is 12.6. The van der Waals surface area contributed by atoms with Crippen molar-refractivity contribution in [1.29, 1.82) is 0 Å². The maximum Gasteiger partial charge on any atom is 0.223 e. The Labute approximate surface area is 137 Å². The number of para-hydroxylation sites is 1. The monoisotopic (exact) mass is 314 g/mol. The van der Waals surface area contributed by atoms with Gasteiger partial charge in [0.25, 0.3) is 0 Å². The minimum atomic E-state index is -0.828. The van der Waals surface area contributed by atoms with Gasteiger partial charge in [-0.1, -0.05) is 18.2 Å². The van der Waals surface area contributed by atoms with Crippen LogP contribution in [-0.4, -0.2) is 38.7 Å². The molecule has 0 spiro atoms. The van der Waals surface area contributed by atoms with E-state index in [0.717, 1.165) is 25.8 Å². The molecule has 124 valence electrons. The number of hydrogen-bond acceptors (Lipinski definition) is 2. The first kappa shape index (κ1) is 16.1. The molecule has 3 rings (SSSR count). The van der Waals surface area contributed by atoms with E-state index in [4.69, 9.17) is 0 Å². The zero-order valence-corrected chi connectivity index (χ0v) is 14.2. The summed E-state index contributed by atoms with van der Waals surface area (Å²) in [6.45, 7) is 4.37. The van der Waals surface area contributed by atoms with E-state index < -0.39 is 5.60 Å². The van der Waals surface area contributed by atoms with E-state index in [-0.39, 0.29) is 11.9 Å². The molecule has 4 heteroatoms. The highest BCUT2D eigenvalue weighted by molar-refractivity contribution is 5.85. The van der Waals surface area contributed by atoms with Crippen LogP contribution in [0.5, 0.6) is 0 Å². The summed E-state index contributed by atoms with van der Waals surface area (Å²) in [6, 6.07) is 8.24. The van der Waals surface area contributed by atoms with Crippen molar-refractivity contribution in [2.24, 2.45) is 7.05 Å². The van der Waals surface area contributed by atoms with Gasteiger partial charge in [0, 0.05) is 37.1 Å². The molecule has 1 aromatic carbocycles. The standard InChI is InChI=1S/C19H26N2O2/c1-19(2,23)17-9-6-12-21(17)18(22)11-10-14-13-20(3)16-8-5-4-7-15(14)16/h4-5,7-8,13,17,23H,6,9-12H2,1-3H3. The highest BCUT2D eigenvalue weighted by Crippen LogP contribution is 2.28. The van der Waals surface area contributed by atoms with Crippen molar-refractivity contribution < 1.29 is 9.90 Å². The van der Waals surface area contributed by atoms with Gasteiger partial charge >= 0.3 is 0 Å². The lowest BCUT2D eigenvalue weighted by atomic mass is 9.96. The Hall–Kier alpha value is -1.81. The second-order valence-electron chi connectivity index (χ2n) is 7.18. The Morgan fingerprint density at radius 1 is 1.35 bits per heavy atom. The second-order valence-corrected chi connectivity index (χ2v) is 7.18. The molecule has 1 fully saturated rings. The minimum absolute atomic E-state index is 0.0532. The number of rotatable bonds is 4. The van der Waals surface area contributed by atoms with Crippen molar-refractivity contribution in [3.05, 3.63) is 36.0 Å². The van der Waals surface area contributed by atoms with Gasteiger partial charge < -0.3 is 14.6 Å². The Kier molecular flexibility index (Phi) is 4.19. The number of nitrogens with zero attached hydrogens (tertiary/aromatic N) is 2. The predicted octanol–water partition coefficient (Wildman–Crippen LogP) is 2.87. The van der Waals surface area contributed by atoms with Crippen LogP contribution in [0.2, 0.25) is 0 Å². The molecular weight excluding hydrogens is 288 g/mol. The first-order valence-corrected chi connectivity index (χ1v) is 8.42. The van der Waals surface area contributed by atoms with E-state index >= 15 is 0 Å². The third-order valence-corrected chi connectivity index (χ3v) is 4.98. The van der Waals surface area contributed by atoms with Gasteiger partial charge in [0.1, 0.15) is 0 Å². The van der Waals surface area contributed by atoms with Crippen molar-refractivity contribution in [3.63, 3.8) is 0 Å². The topological polar surface area (TPSA) is 45.5 Å². The molecule has 1 aliphatic heterocycles. The lowest BCUT2D eigenvalue weighted by Gasteiger charge is -2.33. The van der Waals surface area contributed by atoms with Crippen LogP contribution in [0, 0.1) is 0 Å². The van der Waals surface area contributed by atoms with E-state index in [2.05, 4.69) is 22.9 Å². The number of carbonyl (C=O) groups is 1. The average Bonchev–Trinajstić information content (AvgIpc) is 3.10. The van der Waals surface area contributed by atoms with Crippen LogP contribution in [0.3, 0.4) is 0 Å². The molecule has 4 nitrogen and oxygen atoms in total. The van der Waals surface area contributed by atoms with Crippen molar-refractivity contribution in [3.8, 4) is 0 Å². The van der Waals surface area contributed by atoms with Gasteiger partial charge in [-0.05, 0) is 44.7 Å². The van der Waals surface area contributed by atoms with Gasteiger partial charge in [0.05, 0.1) is 11.6 Å².